The molecule has 2 N–H and O–H groups in total. The number of pyridine rings is 1. The minimum absolute atomic E-state index is 0.111. The Kier molecular flexibility index (Phi) is 4.11. The standard InChI is InChI=1S/C16H16N4O2/c1-22-5-4-16(21)20-15-7-13-6-11(14-9-18-19-10-14)2-3-12(13)8-17-15/h2-3,6-10H,4-5H2,1H3,(H,18,19)(H,17,20,21). The number of hydrogen-bond donors (Lipinski definition) is 2. The van der Waals surface area contributed by atoms with Crippen molar-refractivity contribution in [2.45, 2.75) is 6.42 Å². The molecule has 0 saturated heterocycles. The number of carbonyl (C=O) groups is 1. The Morgan fingerprint density at radius 2 is 2.14 bits per heavy atom. The Balaban J connectivity index is 1.86. The number of hydrogen-bond acceptors (Lipinski definition) is 4. The Morgan fingerprint density at radius 3 is 2.91 bits per heavy atom. The second-order valence-corrected chi connectivity index (χ2v) is 4.91. The van der Waals surface area contributed by atoms with Crippen molar-refractivity contribution < 1.29 is 9.53 Å². The molecular weight excluding hydrogens is 280 g/mol. The normalized spacial score (nSPS) is 10.8. The van der Waals surface area contributed by atoms with E-state index in [1.807, 2.05) is 30.5 Å². The molecule has 6 heteroatoms. The molecule has 22 heavy (non-hydrogen) atoms. The maximum absolute atomic E-state index is 11.7. The topological polar surface area (TPSA) is 79.9 Å². The number of methoxy groups -OCH3 is 1. The molecule has 0 radical (unpaired) electrons. The number of anilines is 1. The van der Waals surface area contributed by atoms with Gasteiger partial charge >= 0.3 is 0 Å². The summed E-state index contributed by atoms with van der Waals surface area (Å²) >= 11 is 0. The van der Waals surface area contributed by atoms with Gasteiger partial charge in [0.05, 0.1) is 19.2 Å². The number of aromatic nitrogens is 3. The van der Waals surface area contributed by atoms with E-state index >= 15 is 0 Å². The molecule has 0 bridgehead atoms. The van der Waals surface area contributed by atoms with E-state index in [0.29, 0.717) is 18.8 Å². The molecule has 0 spiro atoms. The highest BCUT2D eigenvalue weighted by Crippen LogP contribution is 2.24. The number of carbonyl (C=O) groups excluding carboxylic acids is 1. The number of nitrogens with one attached hydrogen (secondary N) is 2. The lowest BCUT2D eigenvalue weighted by Gasteiger charge is -2.06. The van der Waals surface area contributed by atoms with Gasteiger partial charge in [-0.15, -0.1) is 0 Å². The van der Waals surface area contributed by atoms with Crippen molar-refractivity contribution in [2.24, 2.45) is 0 Å². The van der Waals surface area contributed by atoms with Crippen molar-refractivity contribution in [3.8, 4) is 11.1 Å². The predicted octanol–water partition coefficient (Wildman–Crippen LogP) is 2.60. The Morgan fingerprint density at radius 1 is 1.23 bits per heavy atom. The number of nitrogens with zero attached hydrogens (tertiary/aromatic N) is 2. The number of benzene rings is 1. The van der Waals surface area contributed by atoms with E-state index in [9.17, 15) is 4.79 Å². The van der Waals surface area contributed by atoms with Gasteiger partial charge in [0.25, 0.3) is 0 Å². The summed E-state index contributed by atoms with van der Waals surface area (Å²) in [5.41, 5.74) is 2.08. The zero-order valence-corrected chi connectivity index (χ0v) is 12.2. The van der Waals surface area contributed by atoms with Gasteiger partial charge in [-0.05, 0) is 23.1 Å². The van der Waals surface area contributed by atoms with Crippen molar-refractivity contribution in [2.75, 3.05) is 19.0 Å². The first-order valence-corrected chi connectivity index (χ1v) is 6.94. The molecule has 0 aliphatic carbocycles. The highest BCUT2D eigenvalue weighted by Gasteiger charge is 2.05. The van der Waals surface area contributed by atoms with E-state index in [0.717, 1.165) is 21.9 Å². The smallest absolute Gasteiger partial charge is 0.227 e. The van der Waals surface area contributed by atoms with Crippen LogP contribution in [0.5, 0.6) is 0 Å². The van der Waals surface area contributed by atoms with E-state index in [1.165, 1.54) is 0 Å². The van der Waals surface area contributed by atoms with E-state index in [4.69, 9.17) is 4.74 Å². The SMILES string of the molecule is COCCC(=O)Nc1cc2cc(-c3cn[nH]c3)ccc2cn1. The van der Waals surface area contributed by atoms with Crippen LogP contribution in [0.4, 0.5) is 5.82 Å². The van der Waals surface area contributed by atoms with Gasteiger partial charge in [-0.25, -0.2) is 4.98 Å². The van der Waals surface area contributed by atoms with Gasteiger partial charge in [0.15, 0.2) is 0 Å². The summed E-state index contributed by atoms with van der Waals surface area (Å²) in [5, 5.41) is 11.6. The lowest BCUT2D eigenvalue weighted by atomic mass is 10.1. The summed E-state index contributed by atoms with van der Waals surface area (Å²) in [6.45, 7) is 0.393. The fourth-order valence-electron chi connectivity index (χ4n) is 2.20. The summed E-state index contributed by atoms with van der Waals surface area (Å²) in [6, 6.07) is 7.93. The molecule has 112 valence electrons. The number of H-pyrrole nitrogens is 1. The molecule has 1 aromatic carbocycles. The monoisotopic (exact) mass is 296 g/mol. The molecule has 0 unspecified atom stereocenters. The van der Waals surface area contributed by atoms with E-state index in [2.05, 4.69) is 20.5 Å². The van der Waals surface area contributed by atoms with Gasteiger partial charge in [-0.1, -0.05) is 12.1 Å². The highest BCUT2D eigenvalue weighted by atomic mass is 16.5. The molecule has 6 nitrogen and oxygen atoms in total. The van der Waals surface area contributed by atoms with Gasteiger partial charge in [0.1, 0.15) is 5.82 Å². The molecule has 0 atom stereocenters. The molecule has 0 fully saturated rings. The summed E-state index contributed by atoms with van der Waals surface area (Å²) in [5.74, 6) is 0.428. The molecular formula is C16H16N4O2. The third-order valence-corrected chi connectivity index (χ3v) is 3.35. The van der Waals surface area contributed by atoms with Gasteiger partial charge in [0, 0.05) is 30.5 Å². The highest BCUT2D eigenvalue weighted by molar-refractivity contribution is 5.93. The van der Waals surface area contributed by atoms with Gasteiger partial charge < -0.3 is 10.1 Å². The molecule has 3 aromatic rings. The molecule has 0 saturated carbocycles. The zero-order valence-electron chi connectivity index (χ0n) is 12.2. The second-order valence-electron chi connectivity index (χ2n) is 4.91. The van der Waals surface area contributed by atoms with Crippen molar-refractivity contribution in [1.82, 2.24) is 15.2 Å². The number of ether oxygens (including phenoxy) is 1. The van der Waals surface area contributed by atoms with Crippen LogP contribution >= 0.6 is 0 Å². The van der Waals surface area contributed by atoms with Crippen LogP contribution in [0, 0.1) is 0 Å². The molecule has 0 aliphatic rings. The molecule has 2 aromatic heterocycles. The maximum atomic E-state index is 11.7. The average Bonchev–Trinajstić information content (AvgIpc) is 3.06. The molecule has 3 rings (SSSR count). The first-order valence-electron chi connectivity index (χ1n) is 6.94. The van der Waals surface area contributed by atoms with Crippen LogP contribution in [0.3, 0.4) is 0 Å². The number of aromatic amines is 1. The number of rotatable bonds is 5. The molecule has 2 heterocycles. The first-order chi connectivity index (χ1) is 10.8. The average molecular weight is 296 g/mol. The summed E-state index contributed by atoms with van der Waals surface area (Å²) < 4.78 is 4.89. The number of amides is 1. The van der Waals surface area contributed by atoms with Crippen molar-refractivity contribution in [3.63, 3.8) is 0 Å². The second kappa shape index (κ2) is 6.36. The molecule has 1 amide bonds. The predicted molar refractivity (Wildman–Crippen MR) is 84.4 cm³/mol. The van der Waals surface area contributed by atoms with Crippen molar-refractivity contribution in [1.29, 1.82) is 0 Å². The van der Waals surface area contributed by atoms with Gasteiger partial charge in [-0.3, -0.25) is 9.89 Å². The van der Waals surface area contributed by atoms with E-state index in [1.54, 1.807) is 19.5 Å². The van der Waals surface area contributed by atoms with Crippen LogP contribution in [0.25, 0.3) is 21.9 Å². The summed E-state index contributed by atoms with van der Waals surface area (Å²) in [6.07, 6.45) is 5.68. The van der Waals surface area contributed by atoms with Crippen molar-refractivity contribution in [3.05, 3.63) is 42.9 Å². The summed E-state index contributed by atoms with van der Waals surface area (Å²) in [4.78, 5) is 16.0. The fourth-order valence-corrected chi connectivity index (χ4v) is 2.20. The quantitative estimate of drug-likeness (QED) is 0.758. The minimum atomic E-state index is -0.111. The lowest BCUT2D eigenvalue weighted by molar-refractivity contribution is -0.117. The van der Waals surface area contributed by atoms with Crippen LogP contribution in [0.2, 0.25) is 0 Å². The van der Waals surface area contributed by atoms with Crippen molar-refractivity contribution >= 4 is 22.5 Å². The van der Waals surface area contributed by atoms with Gasteiger partial charge in [0.2, 0.25) is 5.91 Å². The molecule has 0 aliphatic heterocycles. The Hall–Kier alpha value is -2.73. The van der Waals surface area contributed by atoms with E-state index < -0.39 is 0 Å². The van der Waals surface area contributed by atoms with Crippen LogP contribution in [-0.4, -0.2) is 34.8 Å². The lowest BCUT2D eigenvalue weighted by Crippen LogP contribution is -2.14. The van der Waals surface area contributed by atoms with Gasteiger partial charge in [-0.2, -0.15) is 5.10 Å². The largest absolute Gasteiger partial charge is 0.384 e. The van der Waals surface area contributed by atoms with Crippen LogP contribution in [0.15, 0.2) is 42.9 Å². The fraction of sp³-hybridized carbons (Fsp3) is 0.188. The summed E-state index contributed by atoms with van der Waals surface area (Å²) in [7, 11) is 1.57. The Labute approximate surface area is 127 Å². The third kappa shape index (κ3) is 3.12. The maximum Gasteiger partial charge on any atom is 0.227 e. The Bertz CT molecular complexity index is 784. The minimum Gasteiger partial charge on any atom is -0.384 e. The van der Waals surface area contributed by atoms with Crippen LogP contribution in [0.1, 0.15) is 6.42 Å². The first kappa shape index (κ1) is 14.2. The van der Waals surface area contributed by atoms with Crippen LogP contribution in [-0.2, 0) is 9.53 Å². The van der Waals surface area contributed by atoms with Crippen LogP contribution < -0.4 is 5.32 Å². The van der Waals surface area contributed by atoms with E-state index in [-0.39, 0.29) is 5.91 Å². The number of fused-ring (bicyclic) bond motifs is 1. The zero-order chi connectivity index (χ0) is 15.4. The third-order valence-electron chi connectivity index (χ3n) is 3.35.